The van der Waals surface area contributed by atoms with Crippen LogP contribution in [-0.2, 0) is 16.4 Å². The Kier molecular flexibility index (Phi) is 12.1. The normalized spacial score (nSPS) is 13.3. The number of nitrogens with zero attached hydrogens (tertiary/aromatic N) is 1. The maximum Gasteiger partial charge on any atom is 0.144 e. The topological polar surface area (TPSA) is 71.3 Å². The lowest BCUT2D eigenvalue weighted by Gasteiger charge is -2.37. The van der Waals surface area contributed by atoms with E-state index in [1.54, 1.807) is 18.3 Å². The fourth-order valence-electron chi connectivity index (χ4n) is 5.02. The van der Waals surface area contributed by atoms with E-state index >= 15 is 0 Å². The number of aliphatic hydroxyl groups is 1. The van der Waals surface area contributed by atoms with Crippen LogP contribution in [0, 0.1) is 0 Å². The third kappa shape index (κ3) is 8.66. The average molecular weight is 667 g/mol. The molecule has 0 aromatic heterocycles. The van der Waals surface area contributed by atoms with Crippen LogP contribution in [0.3, 0.4) is 0 Å². The van der Waals surface area contributed by atoms with Crippen molar-refractivity contribution >= 4 is 22.1 Å². The number of aliphatic imine (C=N–C) groups is 1. The van der Waals surface area contributed by atoms with Crippen LogP contribution in [0.2, 0.25) is 0 Å². The van der Waals surface area contributed by atoms with Gasteiger partial charge in [-0.25, -0.2) is 0 Å². The molecule has 2 N–H and O–H groups in total. The van der Waals surface area contributed by atoms with Gasteiger partial charge >= 0.3 is 0 Å². The SMILES string of the molecule is CCCCOc1ccc(C(C)(C)C)cc1C(O)(c1cc(C(C)(C)C)ccc1OCCCC)[C@@H](C)N=Cc1cc(Br)ccc1O. The highest BCUT2D eigenvalue weighted by Gasteiger charge is 2.43. The average Bonchev–Trinajstić information content (AvgIpc) is 2.96. The molecule has 0 aliphatic carbocycles. The zero-order valence-electron chi connectivity index (χ0n) is 28.1. The highest BCUT2D eigenvalue weighted by molar-refractivity contribution is 9.10. The summed E-state index contributed by atoms with van der Waals surface area (Å²) in [6.45, 7) is 20.3. The number of hydrogen-bond acceptors (Lipinski definition) is 5. The standard InChI is InChI=1S/C38H52BrNO4/c1-10-12-20-43-34-18-14-28(36(4,5)6)23-31(34)38(42,26(3)40-25-27-22-30(39)16-17-33(27)41)32-24-29(37(7,8)9)15-19-35(32)44-21-13-11-2/h14-19,22-26,41-42H,10-13,20-21H2,1-9H3/t26-/m1/s1. The van der Waals surface area contributed by atoms with Gasteiger partial charge in [-0.2, -0.15) is 0 Å². The van der Waals surface area contributed by atoms with E-state index in [0.29, 0.717) is 41.4 Å². The van der Waals surface area contributed by atoms with Crippen molar-refractivity contribution in [2.24, 2.45) is 4.99 Å². The van der Waals surface area contributed by atoms with Crippen LogP contribution in [0.1, 0.15) is 116 Å². The van der Waals surface area contributed by atoms with Gasteiger partial charge in [0.15, 0.2) is 0 Å². The van der Waals surface area contributed by atoms with Crippen LogP contribution in [0.15, 0.2) is 64.1 Å². The van der Waals surface area contributed by atoms with Crippen LogP contribution in [0.25, 0.3) is 0 Å². The van der Waals surface area contributed by atoms with Gasteiger partial charge in [-0.15, -0.1) is 0 Å². The minimum absolute atomic E-state index is 0.115. The van der Waals surface area contributed by atoms with Crippen LogP contribution in [-0.4, -0.2) is 35.7 Å². The molecular formula is C38H52BrNO4. The number of phenols is 1. The second-order valence-corrected chi connectivity index (χ2v) is 14.7. The minimum atomic E-state index is -1.64. The highest BCUT2D eigenvalue weighted by Crippen LogP contribution is 2.46. The first kappa shape index (κ1) is 35.6. The molecule has 5 nitrogen and oxygen atoms in total. The molecule has 3 rings (SSSR count). The second-order valence-electron chi connectivity index (χ2n) is 13.7. The van der Waals surface area contributed by atoms with E-state index in [-0.39, 0.29) is 16.6 Å². The molecule has 0 amide bonds. The Morgan fingerprint density at radius 2 is 1.25 bits per heavy atom. The Labute approximate surface area is 273 Å². The third-order valence-electron chi connectivity index (χ3n) is 8.05. The summed E-state index contributed by atoms with van der Waals surface area (Å²) in [7, 11) is 0. The molecular weight excluding hydrogens is 614 g/mol. The summed E-state index contributed by atoms with van der Waals surface area (Å²) in [6, 6.07) is 16.8. The molecule has 0 aliphatic heterocycles. The summed E-state index contributed by atoms with van der Waals surface area (Å²) in [4.78, 5) is 4.91. The maximum absolute atomic E-state index is 13.3. The maximum atomic E-state index is 13.3. The van der Waals surface area contributed by atoms with Gasteiger partial charge in [-0.1, -0.05) is 96.3 Å². The smallest absolute Gasteiger partial charge is 0.144 e. The number of benzene rings is 3. The van der Waals surface area contributed by atoms with Gasteiger partial charge in [0.2, 0.25) is 0 Å². The Bertz CT molecular complexity index is 1350. The molecule has 0 heterocycles. The summed E-state index contributed by atoms with van der Waals surface area (Å²) in [6.07, 6.45) is 5.44. The number of unbranched alkanes of at least 4 members (excludes halogenated alkanes) is 2. The first-order valence-corrected chi connectivity index (χ1v) is 16.7. The van der Waals surface area contributed by atoms with E-state index in [2.05, 4.69) is 95.6 Å². The van der Waals surface area contributed by atoms with Crippen LogP contribution >= 0.6 is 15.9 Å². The quantitative estimate of drug-likeness (QED) is 0.141. The Hall–Kier alpha value is -2.83. The summed E-state index contributed by atoms with van der Waals surface area (Å²) >= 11 is 3.49. The summed E-state index contributed by atoms with van der Waals surface area (Å²) < 4.78 is 13.6. The molecule has 44 heavy (non-hydrogen) atoms. The Morgan fingerprint density at radius 3 is 1.68 bits per heavy atom. The molecule has 0 saturated heterocycles. The van der Waals surface area contributed by atoms with E-state index in [1.165, 1.54) is 0 Å². The molecule has 0 unspecified atom stereocenters. The van der Waals surface area contributed by atoms with Gasteiger partial charge in [0, 0.05) is 27.4 Å². The van der Waals surface area contributed by atoms with Gasteiger partial charge in [-0.05, 0) is 84.2 Å². The first-order valence-electron chi connectivity index (χ1n) is 15.9. The predicted molar refractivity (Wildman–Crippen MR) is 187 cm³/mol. The van der Waals surface area contributed by atoms with E-state index in [0.717, 1.165) is 41.3 Å². The number of ether oxygens (including phenoxy) is 2. The molecule has 0 spiro atoms. The molecule has 240 valence electrons. The molecule has 0 saturated carbocycles. The van der Waals surface area contributed by atoms with Crippen molar-refractivity contribution in [2.75, 3.05) is 13.2 Å². The fraction of sp³-hybridized carbons (Fsp3) is 0.500. The van der Waals surface area contributed by atoms with Gasteiger partial charge in [0.05, 0.1) is 19.3 Å². The molecule has 0 radical (unpaired) electrons. The van der Waals surface area contributed by atoms with Crippen molar-refractivity contribution in [2.45, 2.75) is 110 Å². The monoisotopic (exact) mass is 665 g/mol. The van der Waals surface area contributed by atoms with E-state index in [9.17, 15) is 10.2 Å². The first-order chi connectivity index (χ1) is 20.6. The van der Waals surface area contributed by atoms with Crippen molar-refractivity contribution in [3.05, 3.63) is 86.9 Å². The lowest BCUT2D eigenvalue weighted by Crippen LogP contribution is -2.39. The van der Waals surface area contributed by atoms with E-state index in [4.69, 9.17) is 14.5 Å². The van der Waals surface area contributed by atoms with Crippen molar-refractivity contribution in [3.63, 3.8) is 0 Å². The molecule has 1 atom stereocenters. The lowest BCUT2D eigenvalue weighted by molar-refractivity contribution is 0.0519. The molecule has 0 aliphatic rings. The molecule has 6 heteroatoms. The zero-order valence-corrected chi connectivity index (χ0v) is 29.7. The minimum Gasteiger partial charge on any atom is -0.507 e. The van der Waals surface area contributed by atoms with Crippen LogP contribution in [0.5, 0.6) is 17.2 Å². The van der Waals surface area contributed by atoms with Crippen LogP contribution < -0.4 is 9.47 Å². The van der Waals surface area contributed by atoms with Crippen molar-refractivity contribution in [1.82, 2.24) is 0 Å². The van der Waals surface area contributed by atoms with E-state index in [1.807, 2.05) is 25.1 Å². The lowest BCUT2D eigenvalue weighted by atomic mass is 9.75. The largest absolute Gasteiger partial charge is 0.507 e. The summed E-state index contributed by atoms with van der Waals surface area (Å²) in [5, 5.41) is 23.9. The number of halogens is 1. The number of aromatic hydroxyl groups is 1. The summed E-state index contributed by atoms with van der Waals surface area (Å²) in [5.41, 5.74) is 2.04. The predicted octanol–water partition coefficient (Wildman–Crippen LogP) is 9.85. The molecule has 3 aromatic carbocycles. The van der Waals surface area contributed by atoms with Gasteiger partial charge in [-0.3, -0.25) is 4.99 Å². The second kappa shape index (κ2) is 15.0. The molecule has 0 fully saturated rings. The van der Waals surface area contributed by atoms with E-state index < -0.39 is 11.6 Å². The molecule has 3 aromatic rings. The van der Waals surface area contributed by atoms with Gasteiger partial charge in [0.1, 0.15) is 22.8 Å². The number of hydrogen-bond donors (Lipinski definition) is 2. The van der Waals surface area contributed by atoms with Crippen LogP contribution in [0.4, 0.5) is 0 Å². The third-order valence-corrected chi connectivity index (χ3v) is 8.55. The fourth-order valence-corrected chi connectivity index (χ4v) is 5.40. The zero-order chi connectivity index (χ0) is 32.7. The summed E-state index contributed by atoms with van der Waals surface area (Å²) in [5.74, 6) is 1.37. The Balaban J connectivity index is 2.38. The van der Waals surface area contributed by atoms with Crippen molar-refractivity contribution in [1.29, 1.82) is 0 Å². The molecule has 0 bridgehead atoms. The van der Waals surface area contributed by atoms with Crippen molar-refractivity contribution in [3.8, 4) is 17.2 Å². The number of rotatable bonds is 13. The number of phenolic OH excluding ortho intramolecular Hbond substituents is 1. The van der Waals surface area contributed by atoms with Gasteiger partial charge < -0.3 is 19.7 Å². The van der Waals surface area contributed by atoms with Crippen molar-refractivity contribution < 1.29 is 19.7 Å². The Morgan fingerprint density at radius 1 is 0.773 bits per heavy atom. The highest BCUT2D eigenvalue weighted by atomic mass is 79.9. The van der Waals surface area contributed by atoms with Gasteiger partial charge in [0.25, 0.3) is 0 Å².